The lowest BCUT2D eigenvalue weighted by Gasteiger charge is -2.07. The van der Waals surface area contributed by atoms with E-state index in [2.05, 4.69) is 40.0 Å². The number of rotatable bonds is 5. The second-order valence-electron chi connectivity index (χ2n) is 3.42. The van der Waals surface area contributed by atoms with E-state index >= 15 is 0 Å². The fraction of sp³-hybridized carbons (Fsp3) is 0.286. The van der Waals surface area contributed by atoms with Gasteiger partial charge in [0, 0.05) is 4.91 Å². The molecule has 82 valence electrons. The minimum absolute atomic E-state index is 1.08. The Bertz CT molecular complexity index is 323. The van der Waals surface area contributed by atoms with Crippen LogP contribution in [0.15, 0.2) is 58.4 Å². The van der Waals surface area contributed by atoms with Crippen molar-refractivity contribution in [2.75, 3.05) is 0 Å². The molecule has 0 fully saturated rings. The first-order valence-electron chi connectivity index (χ1n) is 4.99. The van der Waals surface area contributed by atoms with Crippen LogP contribution in [0.1, 0.15) is 27.7 Å². The van der Waals surface area contributed by atoms with E-state index in [1.807, 2.05) is 19.1 Å². The van der Waals surface area contributed by atoms with Crippen LogP contribution in [0.3, 0.4) is 0 Å². The minimum atomic E-state index is 1.08. The van der Waals surface area contributed by atoms with Gasteiger partial charge in [0.1, 0.15) is 0 Å². The summed E-state index contributed by atoms with van der Waals surface area (Å²) < 4.78 is 0. The number of allylic oxidation sites excluding steroid dienone is 7. The van der Waals surface area contributed by atoms with Gasteiger partial charge in [-0.05, 0) is 38.2 Å². The van der Waals surface area contributed by atoms with Gasteiger partial charge < -0.3 is 0 Å². The van der Waals surface area contributed by atoms with Crippen molar-refractivity contribution < 1.29 is 0 Å². The van der Waals surface area contributed by atoms with Crippen molar-refractivity contribution in [3.05, 3.63) is 58.4 Å². The maximum atomic E-state index is 4.08. The van der Waals surface area contributed by atoms with Crippen LogP contribution in [0.25, 0.3) is 0 Å². The van der Waals surface area contributed by atoms with E-state index < -0.39 is 0 Å². The average molecular weight is 220 g/mol. The van der Waals surface area contributed by atoms with Gasteiger partial charge in [-0.3, -0.25) is 0 Å². The summed E-state index contributed by atoms with van der Waals surface area (Å²) >= 11 is 1.72. The molecule has 15 heavy (non-hydrogen) atoms. The summed E-state index contributed by atoms with van der Waals surface area (Å²) in [6.45, 7) is 16.1. The van der Waals surface area contributed by atoms with Crippen molar-refractivity contribution in [3.63, 3.8) is 0 Å². The topological polar surface area (TPSA) is 0 Å². The van der Waals surface area contributed by atoms with E-state index in [9.17, 15) is 0 Å². The van der Waals surface area contributed by atoms with Gasteiger partial charge in [0.25, 0.3) is 0 Å². The molecule has 0 aromatic heterocycles. The lowest BCUT2D eigenvalue weighted by Crippen LogP contribution is -1.81. The zero-order valence-electron chi connectivity index (χ0n) is 10.1. The summed E-state index contributed by atoms with van der Waals surface area (Å²) in [5.74, 6) is 0. The fourth-order valence-electron chi connectivity index (χ4n) is 0.868. The van der Waals surface area contributed by atoms with Crippen LogP contribution in [0.2, 0.25) is 0 Å². The summed E-state index contributed by atoms with van der Waals surface area (Å²) in [6, 6.07) is 0. The highest BCUT2D eigenvalue weighted by Gasteiger charge is 2.01. The van der Waals surface area contributed by atoms with Crippen molar-refractivity contribution in [2.45, 2.75) is 27.7 Å². The Kier molecular flexibility index (Phi) is 6.89. The van der Waals surface area contributed by atoms with Crippen LogP contribution in [0, 0.1) is 0 Å². The predicted molar refractivity (Wildman–Crippen MR) is 73.9 cm³/mol. The third kappa shape index (κ3) is 5.48. The van der Waals surface area contributed by atoms with Gasteiger partial charge in [0.2, 0.25) is 0 Å². The Labute approximate surface area is 98.2 Å². The molecule has 0 unspecified atom stereocenters. The largest absolute Gasteiger partial charge is 0.0991 e. The van der Waals surface area contributed by atoms with Crippen molar-refractivity contribution in [2.24, 2.45) is 0 Å². The molecule has 0 aromatic carbocycles. The molecule has 0 nitrogen and oxygen atoms in total. The Hall–Kier alpha value is -0.950. The van der Waals surface area contributed by atoms with Gasteiger partial charge in [-0.15, -0.1) is 0 Å². The van der Waals surface area contributed by atoms with E-state index in [1.165, 1.54) is 10.5 Å². The molecule has 0 aliphatic rings. The van der Waals surface area contributed by atoms with Crippen LogP contribution in [0.4, 0.5) is 0 Å². The molecular formula is C14H20S. The molecule has 0 bridgehead atoms. The quantitative estimate of drug-likeness (QED) is 0.571. The number of hydrogen-bond donors (Lipinski definition) is 0. The van der Waals surface area contributed by atoms with Crippen molar-refractivity contribution >= 4 is 11.8 Å². The molecule has 0 rings (SSSR count). The minimum Gasteiger partial charge on any atom is -0.0991 e. The monoisotopic (exact) mass is 220 g/mol. The predicted octanol–water partition coefficient (Wildman–Crippen LogP) is 5.24. The molecule has 0 aromatic rings. The third-order valence-corrected chi connectivity index (χ3v) is 3.22. The average Bonchev–Trinajstić information content (AvgIpc) is 2.18. The Morgan fingerprint density at radius 2 is 1.80 bits per heavy atom. The van der Waals surface area contributed by atoms with Crippen LogP contribution in [-0.4, -0.2) is 0 Å². The van der Waals surface area contributed by atoms with Gasteiger partial charge in [0.05, 0.1) is 0 Å². The SMILES string of the molecule is C=C/C=C\C(=C/C)C(=C)SC(C)=C(C)C. The smallest absolute Gasteiger partial charge is 0.0116 e. The molecule has 1 heteroatoms. The second kappa shape index (κ2) is 7.36. The highest BCUT2D eigenvalue weighted by molar-refractivity contribution is 8.06. The maximum absolute atomic E-state index is 4.08. The summed E-state index contributed by atoms with van der Waals surface area (Å²) in [5, 5.41) is 0. The molecule has 0 amide bonds. The second-order valence-corrected chi connectivity index (χ2v) is 4.73. The molecule has 0 aliphatic carbocycles. The fourth-order valence-corrected chi connectivity index (χ4v) is 1.75. The summed E-state index contributed by atoms with van der Waals surface area (Å²) in [4.78, 5) is 2.39. The molecular weight excluding hydrogens is 200 g/mol. The summed E-state index contributed by atoms with van der Waals surface area (Å²) in [6.07, 6.45) is 7.79. The molecule has 0 radical (unpaired) electrons. The van der Waals surface area contributed by atoms with Crippen molar-refractivity contribution in [1.29, 1.82) is 0 Å². The maximum Gasteiger partial charge on any atom is 0.0116 e. The van der Waals surface area contributed by atoms with Crippen molar-refractivity contribution in [1.82, 2.24) is 0 Å². The lowest BCUT2D eigenvalue weighted by atomic mass is 10.2. The molecule has 0 heterocycles. The van der Waals surface area contributed by atoms with Crippen molar-refractivity contribution in [3.8, 4) is 0 Å². The highest BCUT2D eigenvalue weighted by atomic mass is 32.2. The zero-order valence-corrected chi connectivity index (χ0v) is 10.9. The molecule has 0 atom stereocenters. The van der Waals surface area contributed by atoms with Gasteiger partial charge in [0.15, 0.2) is 0 Å². The van der Waals surface area contributed by atoms with E-state index in [1.54, 1.807) is 17.8 Å². The Balaban J connectivity index is 4.64. The van der Waals surface area contributed by atoms with Crippen LogP contribution < -0.4 is 0 Å². The van der Waals surface area contributed by atoms with Gasteiger partial charge in [-0.1, -0.05) is 54.8 Å². The van der Waals surface area contributed by atoms with Crippen LogP contribution in [-0.2, 0) is 0 Å². The third-order valence-electron chi connectivity index (χ3n) is 2.03. The van der Waals surface area contributed by atoms with Crippen LogP contribution >= 0.6 is 11.8 Å². The first-order chi connectivity index (χ1) is 7.02. The van der Waals surface area contributed by atoms with E-state index in [0.717, 1.165) is 10.5 Å². The molecule has 0 N–H and O–H groups in total. The van der Waals surface area contributed by atoms with E-state index in [4.69, 9.17) is 0 Å². The molecule has 0 aliphatic heterocycles. The highest BCUT2D eigenvalue weighted by Crippen LogP contribution is 2.31. The van der Waals surface area contributed by atoms with Gasteiger partial charge >= 0.3 is 0 Å². The number of thioether (sulfide) groups is 1. The van der Waals surface area contributed by atoms with Crippen LogP contribution in [0.5, 0.6) is 0 Å². The van der Waals surface area contributed by atoms with E-state index in [0.29, 0.717) is 0 Å². The molecule has 0 saturated carbocycles. The van der Waals surface area contributed by atoms with Gasteiger partial charge in [-0.2, -0.15) is 0 Å². The Morgan fingerprint density at radius 3 is 2.20 bits per heavy atom. The Morgan fingerprint density at radius 1 is 1.20 bits per heavy atom. The first kappa shape index (κ1) is 14.1. The number of hydrogen-bond acceptors (Lipinski definition) is 1. The van der Waals surface area contributed by atoms with Gasteiger partial charge in [-0.25, -0.2) is 0 Å². The zero-order chi connectivity index (χ0) is 11.8. The van der Waals surface area contributed by atoms with E-state index in [-0.39, 0.29) is 0 Å². The lowest BCUT2D eigenvalue weighted by molar-refractivity contribution is 1.34. The summed E-state index contributed by atoms with van der Waals surface area (Å²) in [5.41, 5.74) is 2.49. The first-order valence-corrected chi connectivity index (χ1v) is 5.81. The molecule has 0 spiro atoms. The molecule has 0 saturated heterocycles. The summed E-state index contributed by atoms with van der Waals surface area (Å²) in [7, 11) is 0. The standard InChI is InChI=1S/C14H20S/c1-7-9-10-14(8-2)13(6)15-12(5)11(3)4/h7-10H,1,6H2,2-5H3/b10-9-,14-8+. The normalized spacial score (nSPS) is 11.6.